The maximum atomic E-state index is 6.33. The summed E-state index contributed by atoms with van der Waals surface area (Å²) in [6.07, 6.45) is 1.09. The van der Waals surface area contributed by atoms with Crippen LogP contribution in [0.5, 0.6) is 0 Å². The fourth-order valence-corrected chi connectivity index (χ4v) is 3.97. The molecule has 1 aromatic heterocycles. The van der Waals surface area contributed by atoms with Gasteiger partial charge in [0.1, 0.15) is 0 Å². The maximum Gasteiger partial charge on any atom is 0.0596 e. The van der Waals surface area contributed by atoms with Crippen molar-refractivity contribution >= 4 is 11.3 Å². The number of nitrogens with zero attached hydrogens (tertiary/aromatic N) is 1. The molecule has 0 aliphatic carbocycles. The Bertz CT molecular complexity index is 535. The van der Waals surface area contributed by atoms with Crippen LogP contribution in [0.1, 0.15) is 27.8 Å². The molecule has 0 bridgehead atoms. The van der Waals surface area contributed by atoms with Crippen LogP contribution in [-0.2, 0) is 6.54 Å². The van der Waals surface area contributed by atoms with E-state index < -0.39 is 0 Å². The summed E-state index contributed by atoms with van der Waals surface area (Å²) in [6.45, 7) is 4.25. The lowest BCUT2D eigenvalue weighted by Gasteiger charge is -2.25. The van der Waals surface area contributed by atoms with E-state index in [4.69, 9.17) is 5.73 Å². The van der Waals surface area contributed by atoms with Crippen LogP contribution >= 0.6 is 11.3 Å². The number of thiophene rings is 1. The zero-order chi connectivity index (χ0) is 13.2. The second kappa shape index (κ2) is 5.45. The summed E-state index contributed by atoms with van der Waals surface area (Å²) in [4.78, 5) is 5.30. The van der Waals surface area contributed by atoms with Crippen molar-refractivity contribution < 1.29 is 0 Å². The molecule has 2 unspecified atom stereocenters. The van der Waals surface area contributed by atoms with Crippen molar-refractivity contribution in [2.45, 2.75) is 32.0 Å². The Morgan fingerprint density at radius 3 is 2.68 bits per heavy atom. The Morgan fingerprint density at radius 2 is 2.00 bits per heavy atom. The Hall–Kier alpha value is -1.16. The number of hydrogen-bond donors (Lipinski definition) is 1. The number of benzene rings is 1. The van der Waals surface area contributed by atoms with Gasteiger partial charge in [-0.25, -0.2) is 0 Å². The zero-order valence-electron chi connectivity index (χ0n) is 11.3. The second-order valence-corrected chi connectivity index (χ2v) is 6.62. The van der Waals surface area contributed by atoms with Gasteiger partial charge in [0.25, 0.3) is 0 Å². The molecule has 2 heterocycles. The smallest absolute Gasteiger partial charge is 0.0596 e. The standard InChI is InChI=1S/C16H20N2S/c1-12-7-8-15(19-12)16-14(17)9-10-18(16)11-13-5-3-2-4-6-13/h2-8,14,16H,9-11,17H2,1H3. The molecule has 100 valence electrons. The number of hydrogen-bond acceptors (Lipinski definition) is 3. The predicted molar refractivity (Wildman–Crippen MR) is 81.2 cm³/mol. The highest BCUT2D eigenvalue weighted by atomic mass is 32.1. The summed E-state index contributed by atoms with van der Waals surface area (Å²) >= 11 is 1.88. The number of nitrogens with two attached hydrogens (primary N) is 1. The number of likely N-dealkylation sites (tertiary alicyclic amines) is 1. The van der Waals surface area contributed by atoms with Crippen LogP contribution in [-0.4, -0.2) is 17.5 Å². The van der Waals surface area contributed by atoms with Gasteiger partial charge in [-0.2, -0.15) is 0 Å². The average molecular weight is 272 g/mol. The van der Waals surface area contributed by atoms with Gasteiger partial charge in [-0.05, 0) is 31.0 Å². The molecular formula is C16H20N2S. The molecule has 0 amide bonds. The molecule has 1 saturated heterocycles. The van der Waals surface area contributed by atoms with Gasteiger partial charge in [-0.1, -0.05) is 30.3 Å². The molecular weight excluding hydrogens is 252 g/mol. The molecule has 19 heavy (non-hydrogen) atoms. The van der Waals surface area contributed by atoms with Crippen molar-refractivity contribution in [1.82, 2.24) is 4.90 Å². The SMILES string of the molecule is Cc1ccc(C2C(N)CCN2Cc2ccccc2)s1. The van der Waals surface area contributed by atoms with Crippen molar-refractivity contribution in [1.29, 1.82) is 0 Å². The Morgan fingerprint density at radius 1 is 1.21 bits per heavy atom. The first kappa shape index (κ1) is 12.9. The third-order valence-electron chi connectivity index (χ3n) is 3.83. The first-order chi connectivity index (χ1) is 9.24. The fourth-order valence-electron chi connectivity index (χ4n) is 2.88. The summed E-state index contributed by atoms with van der Waals surface area (Å²) in [6, 6.07) is 15.8. The van der Waals surface area contributed by atoms with Gasteiger partial charge in [-0.15, -0.1) is 11.3 Å². The minimum Gasteiger partial charge on any atom is -0.326 e. The third-order valence-corrected chi connectivity index (χ3v) is 4.90. The molecule has 1 aliphatic heterocycles. The monoisotopic (exact) mass is 272 g/mol. The first-order valence-electron chi connectivity index (χ1n) is 6.84. The van der Waals surface area contributed by atoms with Crippen LogP contribution in [0.15, 0.2) is 42.5 Å². The van der Waals surface area contributed by atoms with Crippen LogP contribution in [0, 0.1) is 6.92 Å². The highest BCUT2D eigenvalue weighted by molar-refractivity contribution is 7.12. The Balaban J connectivity index is 1.81. The van der Waals surface area contributed by atoms with Gasteiger partial charge in [0, 0.05) is 28.9 Å². The number of aryl methyl sites for hydroxylation is 1. The summed E-state index contributed by atoms with van der Waals surface area (Å²) < 4.78 is 0. The normalized spacial score (nSPS) is 23.9. The van der Waals surface area contributed by atoms with Gasteiger partial charge in [0.15, 0.2) is 0 Å². The molecule has 2 nitrogen and oxygen atoms in total. The highest BCUT2D eigenvalue weighted by Crippen LogP contribution is 2.36. The molecule has 2 atom stereocenters. The van der Waals surface area contributed by atoms with E-state index >= 15 is 0 Å². The van der Waals surface area contributed by atoms with Gasteiger partial charge in [-0.3, -0.25) is 4.90 Å². The molecule has 1 aromatic carbocycles. The van der Waals surface area contributed by atoms with Crippen LogP contribution in [0.25, 0.3) is 0 Å². The Labute approximate surface area is 118 Å². The topological polar surface area (TPSA) is 29.3 Å². The largest absolute Gasteiger partial charge is 0.326 e. The fraction of sp³-hybridized carbons (Fsp3) is 0.375. The lowest BCUT2D eigenvalue weighted by Crippen LogP contribution is -2.30. The van der Waals surface area contributed by atoms with E-state index in [1.54, 1.807) is 0 Å². The Kier molecular flexibility index (Phi) is 3.69. The van der Waals surface area contributed by atoms with Gasteiger partial charge in [0.05, 0.1) is 6.04 Å². The van der Waals surface area contributed by atoms with Crippen molar-refractivity contribution in [3.8, 4) is 0 Å². The van der Waals surface area contributed by atoms with Crippen LogP contribution in [0.3, 0.4) is 0 Å². The summed E-state index contributed by atoms with van der Waals surface area (Å²) in [5.41, 5.74) is 7.70. The van der Waals surface area contributed by atoms with Crippen LogP contribution < -0.4 is 5.73 Å². The predicted octanol–water partition coefficient (Wildman–Crippen LogP) is 3.33. The lowest BCUT2D eigenvalue weighted by molar-refractivity contribution is 0.242. The van der Waals surface area contributed by atoms with Crippen molar-refractivity contribution in [2.75, 3.05) is 6.54 Å². The van der Waals surface area contributed by atoms with E-state index in [1.165, 1.54) is 15.3 Å². The minimum absolute atomic E-state index is 0.266. The molecule has 0 radical (unpaired) electrons. The lowest BCUT2D eigenvalue weighted by atomic mass is 10.1. The van der Waals surface area contributed by atoms with Gasteiger partial charge in [0.2, 0.25) is 0 Å². The van der Waals surface area contributed by atoms with Crippen molar-refractivity contribution in [3.05, 3.63) is 57.8 Å². The van der Waals surface area contributed by atoms with Crippen molar-refractivity contribution in [3.63, 3.8) is 0 Å². The van der Waals surface area contributed by atoms with Crippen LogP contribution in [0.4, 0.5) is 0 Å². The van der Waals surface area contributed by atoms with E-state index in [0.717, 1.165) is 19.5 Å². The van der Waals surface area contributed by atoms with E-state index in [1.807, 2.05) is 11.3 Å². The highest BCUT2D eigenvalue weighted by Gasteiger charge is 2.33. The van der Waals surface area contributed by atoms with E-state index in [2.05, 4.69) is 54.3 Å². The van der Waals surface area contributed by atoms with Crippen LogP contribution in [0.2, 0.25) is 0 Å². The minimum atomic E-state index is 0.266. The molecule has 3 heteroatoms. The van der Waals surface area contributed by atoms with E-state index in [0.29, 0.717) is 6.04 Å². The number of rotatable bonds is 3. The quantitative estimate of drug-likeness (QED) is 0.928. The molecule has 2 aromatic rings. The first-order valence-corrected chi connectivity index (χ1v) is 7.65. The molecule has 1 aliphatic rings. The van der Waals surface area contributed by atoms with Crippen molar-refractivity contribution in [2.24, 2.45) is 5.73 Å². The molecule has 0 spiro atoms. The maximum absolute atomic E-state index is 6.33. The zero-order valence-corrected chi connectivity index (χ0v) is 12.1. The summed E-state index contributed by atoms with van der Waals surface area (Å²) in [5, 5.41) is 0. The van der Waals surface area contributed by atoms with E-state index in [-0.39, 0.29) is 6.04 Å². The average Bonchev–Trinajstić information content (AvgIpc) is 2.97. The van der Waals surface area contributed by atoms with Gasteiger partial charge < -0.3 is 5.73 Å². The third kappa shape index (κ3) is 2.73. The summed E-state index contributed by atoms with van der Waals surface area (Å²) in [5.74, 6) is 0. The molecule has 0 saturated carbocycles. The molecule has 3 rings (SSSR count). The molecule has 1 fully saturated rings. The van der Waals surface area contributed by atoms with E-state index in [9.17, 15) is 0 Å². The second-order valence-electron chi connectivity index (χ2n) is 5.30. The van der Waals surface area contributed by atoms with Gasteiger partial charge >= 0.3 is 0 Å². The summed E-state index contributed by atoms with van der Waals surface area (Å²) in [7, 11) is 0. The molecule has 2 N–H and O–H groups in total.